The van der Waals surface area contributed by atoms with Gasteiger partial charge in [0, 0.05) is 57.9 Å². The monoisotopic (exact) mass is 1400 g/mol. The summed E-state index contributed by atoms with van der Waals surface area (Å²) in [4.78, 5) is 90.3. The number of sulfonamides is 1. The number of aromatic nitrogens is 5. The first-order valence-electron chi connectivity index (χ1n) is 27.0. The number of benzene rings is 3. The number of carbonyl (C=O) groups is 5. The predicted octanol–water partition coefficient (Wildman–Crippen LogP) is 8.39. The second-order valence-corrected chi connectivity index (χ2v) is 29.2. The van der Waals surface area contributed by atoms with E-state index in [9.17, 15) is 91.7 Å². The van der Waals surface area contributed by atoms with Crippen molar-refractivity contribution in [1.82, 2.24) is 35.2 Å². The summed E-state index contributed by atoms with van der Waals surface area (Å²) in [6.45, 7) is 2.42. The number of nitrogens with one attached hydrogen (secondary N) is 2. The van der Waals surface area contributed by atoms with Gasteiger partial charge < -0.3 is 25.4 Å². The van der Waals surface area contributed by atoms with Crippen LogP contribution in [0.25, 0.3) is 22.0 Å². The number of amides is 3. The molecule has 500 valence electrons. The van der Waals surface area contributed by atoms with Crippen molar-refractivity contribution >= 4 is 85.7 Å². The molecule has 1 unspecified atom stereocenters. The lowest BCUT2D eigenvalue weighted by atomic mass is 9.78. The largest absolute Gasteiger partial charge is 0.524 e. The van der Waals surface area contributed by atoms with Crippen LogP contribution in [0.15, 0.2) is 54.6 Å². The molecule has 93 heavy (non-hydrogen) atoms. The lowest BCUT2D eigenvalue weighted by Gasteiger charge is -2.31. The van der Waals surface area contributed by atoms with Crippen molar-refractivity contribution in [3.8, 4) is 28.7 Å². The molecule has 1 saturated carbocycles. The summed E-state index contributed by atoms with van der Waals surface area (Å²) >= 11 is 6.79. The van der Waals surface area contributed by atoms with Crippen molar-refractivity contribution in [2.75, 3.05) is 16.8 Å². The molecule has 0 aliphatic heterocycles. The van der Waals surface area contributed by atoms with Crippen LogP contribution in [-0.4, -0.2) is 121 Å². The van der Waals surface area contributed by atoms with E-state index < -0.39 is 226 Å². The van der Waals surface area contributed by atoms with Crippen molar-refractivity contribution in [3.63, 3.8) is 0 Å². The highest BCUT2D eigenvalue weighted by Crippen LogP contribution is 2.68. The third-order valence-corrected chi connectivity index (χ3v) is 18.8. The Bertz CT molecular complexity index is 4470. The SMILES string of the molecule is Cc1cc(C(=O)N[C@@H](CC(=O)O)C(=O)O)cc(OP(=O)(O)O)c1C(C)(C)CC(=O)N(c1nn(CC(F)(F)F)c2c(-c3ccc(C#CC(C)(C)S(C)(=O)=O)nc3[C@H](Cc3cc(F)cc(F)c3)NC(=O)Cn3nc(C(F)(F)F)c4c3C(F)(F)[C@@H]3CC43)ccc(Cl)c12)S(C)(=O)=O. The highest BCUT2D eigenvalue weighted by Gasteiger charge is 2.68. The molecule has 6 aromatic rings. The van der Waals surface area contributed by atoms with Crippen LogP contribution >= 0.6 is 19.4 Å². The number of phosphoric ester groups is 1. The third-order valence-electron chi connectivity index (χ3n) is 15.1. The van der Waals surface area contributed by atoms with Gasteiger partial charge in [-0.2, -0.15) is 49.6 Å². The van der Waals surface area contributed by atoms with E-state index in [1.165, 1.54) is 34.6 Å². The lowest BCUT2D eigenvalue weighted by Crippen LogP contribution is -2.42. The van der Waals surface area contributed by atoms with E-state index in [1.54, 1.807) is 0 Å². The van der Waals surface area contributed by atoms with Crippen molar-refractivity contribution in [2.45, 2.75) is 120 Å². The second kappa shape index (κ2) is 24.6. The molecule has 8 rings (SSSR count). The number of hydrogen-bond donors (Lipinski definition) is 6. The maximum absolute atomic E-state index is 15.8. The Kier molecular flexibility index (Phi) is 18.7. The van der Waals surface area contributed by atoms with Gasteiger partial charge in [0.25, 0.3) is 11.8 Å². The number of fused-ring (bicyclic) bond motifs is 4. The van der Waals surface area contributed by atoms with Gasteiger partial charge in [-0.1, -0.05) is 37.4 Å². The fraction of sp³-hybridized carbons (Fsp3) is 0.393. The van der Waals surface area contributed by atoms with Crippen LogP contribution in [0.1, 0.15) is 114 Å². The number of rotatable bonds is 21. The molecule has 0 saturated heterocycles. The first kappa shape index (κ1) is 70.7. The molecular formula is C56H52ClF10N8O15PS2. The van der Waals surface area contributed by atoms with Crippen molar-refractivity contribution in [1.29, 1.82) is 0 Å². The van der Waals surface area contributed by atoms with E-state index in [1.807, 2.05) is 5.32 Å². The Hall–Kier alpha value is -8.16. The van der Waals surface area contributed by atoms with E-state index in [0.717, 1.165) is 48.7 Å². The number of halogens is 11. The Morgan fingerprint density at radius 1 is 0.892 bits per heavy atom. The average Bonchev–Trinajstić information content (AvgIpc) is 1.52. The molecular weight excluding hydrogens is 1350 g/mol. The maximum atomic E-state index is 15.8. The molecule has 3 amide bonds. The summed E-state index contributed by atoms with van der Waals surface area (Å²) in [5.41, 5.74) is -9.83. The number of nitrogens with zero attached hydrogens (tertiary/aromatic N) is 6. The van der Waals surface area contributed by atoms with Crippen molar-refractivity contribution < 1.29 is 114 Å². The van der Waals surface area contributed by atoms with E-state index in [0.29, 0.717) is 18.4 Å². The number of hydrogen-bond acceptors (Lipinski definition) is 14. The molecule has 4 atom stereocenters. The number of phosphoric acid groups is 1. The summed E-state index contributed by atoms with van der Waals surface area (Å²) in [5, 5.41) is 29.0. The quantitative estimate of drug-likeness (QED) is 0.0224. The summed E-state index contributed by atoms with van der Waals surface area (Å²) in [7, 11) is -14.8. The predicted molar refractivity (Wildman–Crippen MR) is 308 cm³/mol. The van der Waals surface area contributed by atoms with Gasteiger partial charge in [-0.25, -0.2) is 40.0 Å². The highest BCUT2D eigenvalue weighted by atomic mass is 35.5. The number of sulfone groups is 1. The molecule has 2 aliphatic carbocycles. The van der Waals surface area contributed by atoms with Crippen LogP contribution < -0.4 is 19.5 Å². The first-order chi connectivity index (χ1) is 42.5. The minimum Gasteiger partial charge on any atom is -0.481 e. The molecule has 0 bridgehead atoms. The fourth-order valence-electron chi connectivity index (χ4n) is 11.0. The summed E-state index contributed by atoms with van der Waals surface area (Å²) in [6.07, 6.45) is -12.7. The molecule has 2 aliphatic rings. The Morgan fingerprint density at radius 2 is 1.52 bits per heavy atom. The zero-order chi connectivity index (χ0) is 69.6. The van der Waals surface area contributed by atoms with Gasteiger partial charge in [0.1, 0.15) is 52.7 Å². The van der Waals surface area contributed by atoms with Crippen LogP contribution in [0.4, 0.5) is 49.7 Å². The number of carboxylic acid groups (broad SMARTS) is 2. The minimum absolute atomic E-state index is 0.0686. The number of aryl methyl sites for hydroxylation is 1. The maximum Gasteiger partial charge on any atom is 0.524 e. The number of pyridine rings is 1. The lowest BCUT2D eigenvalue weighted by molar-refractivity contribution is -0.145. The molecule has 0 spiro atoms. The first-order valence-corrected chi connectivity index (χ1v) is 32.6. The Labute approximate surface area is 525 Å². The van der Waals surface area contributed by atoms with Crippen LogP contribution in [0.5, 0.6) is 5.75 Å². The smallest absolute Gasteiger partial charge is 0.481 e. The zero-order valence-corrected chi connectivity index (χ0v) is 52.4. The number of carbonyl (C=O) groups excluding carboxylic acids is 3. The molecule has 0 radical (unpaired) electrons. The van der Waals surface area contributed by atoms with Gasteiger partial charge in [-0.3, -0.25) is 38.3 Å². The van der Waals surface area contributed by atoms with Crippen LogP contribution in [0, 0.1) is 36.3 Å². The number of carboxylic acids is 2. The van der Waals surface area contributed by atoms with Crippen molar-refractivity contribution in [3.05, 3.63) is 122 Å². The van der Waals surface area contributed by atoms with E-state index >= 15 is 17.6 Å². The average molecular weight is 1400 g/mol. The summed E-state index contributed by atoms with van der Waals surface area (Å²) in [6, 6.07) is 3.76. The molecule has 3 aromatic heterocycles. The summed E-state index contributed by atoms with van der Waals surface area (Å²) < 4.78 is 219. The Balaban J connectivity index is 1.32. The Morgan fingerprint density at radius 3 is 2.08 bits per heavy atom. The zero-order valence-electron chi connectivity index (χ0n) is 49.1. The van der Waals surface area contributed by atoms with E-state index in [-0.39, 0.29) is 36.8 Å². The number of anilines is 1. The van der Waals surface area contributed by atoms with E-state index in [2.05, 4.69) is 32.3 Å². The molecule has 37 heteroatoms. The van der Waals surface area contributed by atoms with Crippen molar-refractivity contribution in [2.24, 2.45) is 5.92 Å². The van der Waals surface area contributed by atoms with Gasteiger partial charge in [0.2, 0.25) is 21.8 Å². The second-order valence-electron chi connectivity index (χ2n) is 23.2. The van der Waals surface area contributed by atoms with Gasteiger partial charge in [0.15, 0.2) is 21.3 Å². The molecule has 3 heterocycles. The molecule has 3 aromatic carbocycles. The normalized spacial score (nSPS) is 16.3. The highest BCUT2D eigenvalue weighted by molar-refractivity contribution is 7.93. The van der Waals surface area contributed by atoms with Gasteiger partial charge in [0.05, 0.1) is 40.3 Å². The topological polar surface area (TPSA) is 337 Å². The van der Waals surface area contributed by atoms with E-state index in [4.69, 9.17) is 16.1 Å². The van der Waals surface area contributed by atoms with Crippen LogP contribution in [-0.2, 0) is 80.6 Å². The standard InChI is InChI=1S/C56H52ClF10N8O15PS2/c1-25-14-27(50(80)70-37(51(81)82)21-41(78)79)18-38(90-91(83,84)85)44(25)52(2,3)22-40(77)75(93(7,88)89)49-43-35(57)11-10-32(46(43)74(72-49)24-54(60,61)62)31-9-8-30(12-13-53(4,5)92(6,86)87)68-45(31)36(17-26-15-28(58)19-29(59)16-26)69-39(76)23-73-48-42(47(71-73)56(65,66)67)33-20-34(33)55(48,63)64/h8-11,14-16,18-19,33-34,36-37H,17,20-24H2,1-7H3,(H,69,76)(H,70,80)(H,78,79)(H,81,82)(H2,83,84,85)/t33?,34-,36+,37+/m1/s1. The molecule has 6 N–H and O–H groups in total. The number of aliphatic carboxylic acids is 2. The number of alkyl halides is 8. The minimum atomic E-state index is -5.67. The van der Waals surface area contributed by atoms with Gasteiger partial charge in [-0.15, -0.1) is 0 Å². The van der Waals surface area contributed by atoms with Gasteiger partial charge >= 0.3 is 32.1 Å². The van der Waals surface area contributed by atoms with Crippen LogP contribution in [0.3, 0.4) is 0 Å². The van der Waals surface area contributed by atoms with Crippen LogP contribution in [0.2, 0.25) is 5.02 Å². The molecule has 23 nitrogen and oxygen atoms in total. The third kappa shape index (κ3) is 15.3. The summed E-state index contributed by atoms with van der Waals surface area (Å²) in [5.74, 6) is -13.9. The van der Waals surface area contributed by atoms with Gasteiger partial charge in [-0.05, 0) is 99.0 Å². The molecule has 1 fully saturated rings. The fourth-order valence-corrected chi connectivity index (χ4v) is 12.7.